The first kappa shape index (κ1) is 24.1. The van der Waals surface area contributed by atoms with Crippen molar-refractivity contribution in [3.63, 3.8) is 0 Å². The Kier molecular flexibility index (Phi) is 7.52. The second-order valence-corrected chi connectivity index (χ2v) is 11.1. The molecule has 168 valence electrons. The Hall–Kier alpha value is -2.13. The van der Waals surface area contributed by atoms with E-state index in [0.29, 0.717) is 25.2 Å². The molecular weight excluding hydrogens is 406 g/mol. The van der Waals surface area contributed by atoms with E-state index >= 15 is 0 Å². The minimum atomic E-state index is -3.53. The van der Waals surface area contributed by atoms with Gasteiger partial charge in [0.2, 0.25) is 10.0 Å². The number of benzene rings is 1. The first-order chi connectivity index (χ1) is 13.8. The van der Waals surface area contributed by atoms with Gasteiger partial charge in [-0.05, 0) is 63.8 Å². The summed E-state index contributed by atoms with van der Waals surface area (Å²) in [7, 11) is 1.12. The van der Waals surface area contributed by atoms with Crippen LogP contribution in [0.25, 0.3) is 0 Å². The van der Waals surface area contributed by atoms with E-state index in [9.17, 15) is 18.0 Å². The number of rotatable bonds is 5. The molecule has 8 nitrogen and oxygen atoms in total. The summed E-state index contributed by atoms with van der Waals surface area (Å²) in [6.07, 6.45) is 1.41. The maximum Gasteiger partial charge on any atom is 0.410 e. The number of hydrogen-bond acceptors (Lipinski definition) is 5. The fourth-order valence-electron chi connectivity index (χ4n) is 3.36. The van der Waals surface area contributed by atoms with Gasteiger partial charge in [-0.2, -0.15) is 0 Å². The van der Waals surface area contributed by atoms with E-state index < -0.39 is 15.6 Å². The standard InChI is InChI=1S/C21H33N3O5S/c1-21(2,3)29-20(26)23(6)14-16-8-7-13-24(15-16)19(25)17-9-11-18(12-10-17)30(27,28)22(4)5/h9-12,16H,7-8,13-15H2,1-6H3. The zero-order valence-electron chi connectivity index (χ0n) is 18.7. The average Bonchev–Trinajstić information content (AvgIpc) is 2.66. The summed E-state index contributed by atoms with van der Waals surface area (Å²) in [5.41, 5.74) is -0.0968. The summed E-state index contributed by atoms with van der Waals surface area (Å²) >= 11 is 0. The molecule has 0 spiro atoms. The summed E-state index contributed by atoms with van der Waals surface area (Å²) in [5, 5.41) is 0. The lowest BCUT2D eigenvalue weighted by Gasteiger charge is -2.35. The number of carbonyl (C=O) groups is 2. The average molecular weight is 440 g/mol. The SMILES string of the molecule is CN(CC1CCCN(C(=O)c2ccc(S(=O)(=O)N(C)C)cc2)C1)C(=O)OC(C)(C)C. The Morgan fingerprint density at radius 1 is 1.13 bits per heavy atom. The van der Waals surface area contributed by atoms with E-state index in [0.717, 1.165) is 17.1 Å². The fraction of sp³-hybridized carbons (Fsp3) is 0.619. The van der Waals surface area contributed by atoms with Gasteiger partial charge in [-0.3, -0.25) is 4.79 Å². The van der Waals surface area contributed by atoms with Crippen LogP contribution in [0.4, 0.5) is 4.79 Å². The molecular formula is C21H33N3O5S. The normalized spacial score (nSPS) is 17.7. The number of ether oxygens (including phenoxy) is 1. The van der Waals surface area contributed by atoms with Gasteiger partial charge in [-0.1, -0.05) is 0 Å². The van der Waals surface area contributed by atoms with Crippen molar-refractivity contribution >= 4 is 22.0 Å². The van der Waals surface area contributed by atoms with Crippen LogP contribution in [0.5, 0.6) is 0 Å². The van der Waals surface area contributed by atoms with Crippen molar-refractivity contribution < 1.29 is 22.7 Å². The molecule has 1 aliphatic rings. The molecule has 0 N–H and O–H groups in total. The third kappa shape index (κ3) is 6.18. The molecule has 0 aliphatic carbocycles. The van der Waals surface area contributed by atoms with Gasteiger partial charge in [0, 0.05) is 46.3 Å². The van der Waals surface area contributed by atoms with Crippen molar-refractivity contribution in [3.05, 3.63) is 29.8 Å². The number of carbonyl (C=O) groups excluding carboxylic acids is 2. The van der Waals surface area contributed by atoms with Gasteiger partial charge in [0.25, 0.3) is 5.91 Å². The van der Waals surface area contributed by atoms with Crippen LogP contribution in [0.1, 0.15) is 44.0 Å². The quantitative estimate of drug-likeness (QED) is 0.704. The Morgan fingerprint density at radius 3 is 2.27 bits per heavy atom. The van der Waals surface area contributed by atoms with Crippen molar-refractivity contribution in [1.82, 2.24) is 14.1 Å². The molecule has 2 rings (SSSR count). The molecule has 1 fully saturated rings. The topological polar surface area (TPSA) is 87.2 Å². The van der Waals surface area contributed by atoms with Crippen molar-refractivity contribution in [2.45, 2.75) is 44.1 Å². The van der Waals surface area contributed by atoms with Crippen molar-refractivity contribution in [3.8, 4) is 0 Å². The van der Waals surface area contributed by atoms with Crippen molar-refractivity contribution in [2.24, 2.45) is 5.92 Å². The Bertz CT molecular complexity index is 860. The second-order valence-electron chi connectivity index (χ2n) is 8.93. The first-order valence-electron chi connectivity index (χ1n) is 10.1. The van der Waals surface area contributed by atoms with Gasteiger partial charge >= 0.3 is 6.09 Å². The summed E-state index contributed by atoms with van der Waals surface area (Å²) in [5.74, 6) is 0.0297. The number of nitrogens with zero attached hydrogens (tertiary/aromatic N) is 3. The molecule has 1 heterocycles. The molecule has 1 aliphatic heterocycles. The molecule has 0 bridgehead atoms. The molecule has 1 atom stereocenters. The van der Waals surface area contributed by atoms with Crippen molar-refractivity contribution in [1.29, 1.82) is 0 Å². The molecule has 30 heavy (non-hydrogen) atoms. The van der Waals surface area contributed by atoms with Crippen LogP contribution in [0, 0.1) is 5.92 Å². The second kappa shape index (κ2) is 9.34. The molecule has 1 unspecified atom stereocenters. The molecule has 0 saturated carbocycles. The largest absolute Gasteiger partial charge is 0.444 e. The highest BCUT2D eigenvalue weighted by molar-refractivity contribution is 7.89. The van der Waals surface area contributed by atoms with Crippen molar-refractivity contribution in [2.75, 3.05) is 40.8 Å². The zero-order valence-corrected chi connectivity index (χ0v) is 19.5. The third-order valence-corrected chi connectivity index (χ3v) is 6.75. The van der Waals surface area contributed by atoms with Crippen LogP contribution in [-0.4, -0.2) is 80.9 Å². The molecule has 1 aromatic carbocycles. The molecule has 1 saturated heterocycles. The lowest BCUT2D eigenvalue weighted by atomic mass is 9.97. The minimum absolute atomic E-state index is 0.131. The summed E-state index contributed by atoms with van der Waals surface area (Å²) in [6, 6.07) is 6.02. The Balaban J connectivity index is 2.01. The molecule has 0 radical (unpaired) electrons. The smallest absolute Gasteiger partial charge is 0.410 e. The van der Waals surface area contributed by atoms with E-state index in [1.807, 2.05) is 20.8 Å². The number of hydrogen-bond donors (Lipinski definition) is 0. The molecule has 1 aromatic rings. The molecule has 0 aromatic heterocycles. The maximum absolute atomic E-state index is 12.9. The van der Waals surface area contributed by atoms with E-state index in [4.69, 9.17) is 4.74 Å². The number of likely N-dealkylation sites (tertiary alicyclic amines) is 1. The van der Waals surface area contributed by atoms with E-state index in [2.05, 4.69) is 0 Å². The number of amides is 2. The minimum Gasteiger partial charge on any atom is -0.444 e. The van der Waals surface area contributed by atoms with Crippen LogP contribution in [0.3, 0.4) is 0 Å². The van der Waals surface area contributed by atoms with Crippen LogP contribution < -0.4 is 0 Å². The monoisotopic (exact) mass is 439 g/mol. The van der Waals surface area contributed by atoms with Gasteiger partial charge in [0.05, 0.1) is 4.90 Å². The lowest BCUT2D eigenvalue weighted by Crippen LogP contribution is -2.45. The summed E-state index contributed by atoms with van der Waals surface area (Å²) in [6.45, 7) is 7.18. The zero-order chi connectivity index (χ0) is 22.7. The number of sulfonamides is 1. The number of piperidine rings is 1. The predicted octanol–water partition coefficient (Wildman–Crippen LogP) is 2.66. The Labute approximate surface area is 179 Å². The van der Waals surface area contributed by atoms with Crippen LogP contribution >= 0.6 is 0 Å². The van der Waals surface area contributed by atoms with Crippen LogP contribution in [0.15, 0.2) is 29.2 Å². The van der Waals surface area contributed by atoms with Gasteiger partial charge < -0.3 is 14.5 Å². The Morgan fingerprint density at radius 2 is 1.73 bits per heavy atom. The van der Waals surface area contributed by atoms with Gasteiger partial charge in [0.15, 0.2) is 0 Å². The summed E-state index contributed by atoms with van der Waals surface area (Å²) in [4.78, 5) is 28.6. The highest BCUT2D eigenvalue weighted by Gasteiger charge is 2.28. The fourth-order valence-corrected chi connectivity index (χ4v) is 4.26. The van der Waals surface area contributed by atoms with Crippen LogP contribution in [-0.2, 0) is 14.8 Å². The third-order valence-electron chi connectivity index (χ3n) is 4.92. The first-order valence-corrected chi connectivity index (χ1v) is 11.5. The van der Waals surface area contributed by atoms with E-state index in [-0.39, 0.29) is 22.8 Å². The highest BCUT2D eigenvalue weighted by atomic mass is 32.2. The van der Waals surface area contributed by atoms with E-state index in [1.165, 1.54) is 26.2 Å². The molecule has 2 amide bonds. The highest BCUT2D eigenvalue weighted by Crippen LogP contribution is 2.21. The molecule has 9 heteroatoms. The lowest BCUT2D eigenvalue weighted by molar-refractivity contribution is 0.0244. The predicted molar refractivity (Wildman–Crippen MR) is 115 cm³/mol. The summed E-state index contributed by atoms with van der Waals surface area (Å²) < 4.78 is 30.9. The van der Waals surface area contributed by atoms with Gasteiger partial charge in [0.1, 0.15) is 5.60 Å². The van der Waals surface area contributed by atoms with E-state index in [1.54, 1.807) is 29.0 Å². The van der Waals surface area contributed by atoms with Crippen LogP contribution in [0.2, 0.25) is 0 Å². The van der Waals surface area contributed by atoms with Gasteiger partial charge in [-0.15, -0.1) is 0 Å². The van der Waals surface area contributed by atoms with Gasteiger partial charge in [-0.25, -0.2) is 17.5 Å². The maximum atomic E-state index is 12.9.